The number of rotatable bonds is 7. The second kappa shape index (κ2) is 10.0. The molecule has 10 heteroatoms. The van der Waals surface area contributed by atoms with Gasteiger partial charge in [0.05, 0.1) is 17.4 Å². The Morgan fingerprint density at radius 1 is 1.19 bits per heavy atom. The number of ether oxygens (including phenoxy) is 1. The van der Waals surface area contributed by atoms with Crippen LogP contribution in [0.2, 0.25) is 0 Å². The maximum absolute atomic E-state index is 13.8. The van der Waals surface area contributed by atoms with Crippen molar-refractivity contribution in [3.63, 3.8) is 0 Å². The van der Waals surface area contributed by atoms with Crippen molar-refractivity contribution < 1.29 is 13.9 Å². The number of anilines is 3. The zero-order valence-corrected chi connectivity index (χ0v) is 19.6. The first-order valence-corrected chi connectivity index (χ1v) is 11.4. The largest absolute Gasteiger partial charge is 0.487 e. The van der Waals surface area contributed by atoms with E-state index < -0.39 is 5.82 Å². The molecule has 0 spiro atoms. The van der Waals surface area contributed by atoms with Gasteiger partial charge in [0.2, 0.25) is 11.9 Å². The molecule has 1 unspecified atom stereocenters. The average molecular weight is 486 g/mol. The van der Waals surface area contributed by atoms with Gasteiger partial charge >= 0.3 is 0 Å². The summed E-state index contributed by atoms with van der Waals surface area (Å²) in [5.74, 6) is 0.106. The summed E-state index contributed by atoms with van der Waals surface area (Å²) < 4.78 is 19.9. The van der Waals surface area contributed by atoms with Gasteiger partial charge in [0.15, 0.2) is 0 Å². The molecule has 1 atom stereocenters. The first-order chi connectivity index (χ1) is 17.5. The van der Waals surface area contributed by atoms with Crippen LogP contribution in [0, 0.1) is 5.82 Å². The van der Waals surface area contributed by atoms with Crippen molar-refractivity contribution in [1.29, 1.82) is 0 Å². The van der Waals surface area contributed by atoms with Gasteiger partial charge in [-0.15, -0.1) is 0 Å². The summed E-state index contributed by atoms with van der Waals surface area (Å²) in [5.41, 5.74) is 2.95. The fourth-order valence-electron chi connectivity index (χ4n) is 4.08. The fourth-order valence-corrected chi connectivity index (χ4v) is 4.08. The number of pyridine rings is 2. The molecule has 0 saturated carbocycles. The second-order valence-electron chi connectivity index (χ2n) is 8.53. The predicted molar refractivity (Wildman–Crippen MR) is 136 cm³/mol. The van der Waals surface area contributed by atoms with E-state index in [2.05, 4.69) is 42.0 Å². The third-order valence-electron chi connectivity index (χ3n) is 5.83. The SMILES string of the molecule is C=CC(=O)Nc1cc(Nc2ncc3cncc(-c4cncc(F)c4)c3n2)ccc1OC1CCN(C)C1. The van der Waals surface area contributed by atoms with E-state index in [4.69, 9.17) is 4.74 Å². The lowest BCUT2D eigenvalue weighted by Crippen LogP contribution is -2.22. The molecule has 9 nitrogen and oxygen atoms in total. The molecule has 1 saturated heterocycles. The Kier molecular flexibility index (Phi) is 6.50. The summed E-state index contributed by atoms with van der Waals surface area (Å²) in [7, 11) is 2.05. The number of aromatic nitrogens is 4. The fraction of sp³-hybridized carbons (Fsp3) is 0.192. The standard InChI is InChI=1S/C26H24FN7O2/c1-3-24(35)32-22-9-19(4-5-23(22)36-20-6-7-34(2)15-20)31-26-30-12-17-11-29-14-21(25(17)33-26)16-8-18(27)13-28-10-16/h3-5,8-14,20H,1,6-7,15H2,2H3,(H,32,35)(H,30,31,33). The number of hydrogen-bond donors (Lipinski definition) is 2. The first-order valence-electron chi connectivity index (χ1n) is 11.4. The smallest absolute Gasteiger partial charge is 0.247 e. The highest BCUT2D eigenvalue weighted by Crippen LogP contribution is 2.32. The van der Waals surface area contributed by atoms with Crippen LogP contribution in [0.1, 0.15) is 6.42 Å². The molecule has 1 aliphatic heterocycles. The number of nitrogens with one attached hydrogen (secondary N) is 2. The Balaban J connectivity index is 1.45. The zero-order valence-electron chi connectivity index (χ0n) is 19.6. The van der Waals surface area contributed by atoms with Crippen molar-refractivity contribution in [2.24, 2.45) is 0 Å². The van der Waals surface area contributed by atoms with Crippen LogP contribution in [0.5, 0.6) is 5.75 Å². The van der Waals surface area contributed by atoms with Crippen LogP contribution in [0.25, 0.3) is 22.0 Å². The second-order valence-corrected chi connectivity index (χ2v) is 8.53. The molecule has 5 rings (SSSR count). The van der Waals surface area contributed by atoms with E-state index in [1.165, 1.54) is 12.1 Å². The van der Waals surface area contributed by atoms with E-state index in [-0.39, 0.29) is 12.0 Å². The van der Waals surface area contributed by atoms with Crippen LogP contribution in [-0.2, 0) is 4.79 Å². The molecule has 1 amide bonds. The van der Waals surface area contributed by atoms with E-state index >= 15 is 0 Å². The van der Waals surface area contributed by atoms with Crippen LogP contribution >= 0.6 is 0 Å². The monoisotopic (exact) mass is 485 g/mol. The van der Waals surface area contributed by atoms with Crippen molar-refractivity contribution in [2.75, 3.05) is 30.8 Å². The highest BCUT2D eigenvalue weighted by molar-refractivity contribution is 6.00. The van der Waals surface area contributed by atoms with Crippen molar-refractivity contribution in [3.05, 3.63) is 73.7 Å². The van der Waals surface area contributed by atoms with Crippen molar-refractivity contribution in [1.82, 2.24) is 24.8 Å². The molecule has 0 aliphatic carbocycles. The predicted octanol–water partition coefficient (Wildman–Crippen LogP) is 4.18. The number of amides is 1. The lowest BCUT2D eigenvalue weighted by Gasteiger charge is -2.18. The van der Waals surface area contributed by atoms with Gasteiger partial charge in [0, 0.05) is 60.1 Å². The molecular weight excluding hydrogens is 461 g/mol. The third kappa shape index (κ3) is 5.13. The molecule has 1 aliphatic rings. The van der Waals surface area contributed by atoms with E-state index in [9.17, 15) is 9.18 Å². The minimum atomic E-state index is -0.447. The van der Waals surface area contributed by atoms with Crippen molar-refractivity contribution in [3.8, 4) is 16.9 Å². The lowest BCUT2D eigenvalue weighted by atomic mass is 10.1. The third-order valence-corrected chi connectivity index (χ3v) is 5.83. The van der Waals surface area contributed by atoms with Crippen LogP contribution in [-0.4, -0.2) is 57.0 Å². The molecule has 3 aromatic heterocycles. The molecule has 1 fully saturated rings. The maximum Gasteiger partial charge on any atom is 0.247 e. The van der Waals surface area contributed by atoms with Gasteiger partial charge < -0.3 is 20.3 Å². The topological polar surface area (TPSA) is 105 Å². The van der Waals surface area contributed by atoms with Crippen LogP contribution in [0.15, 0.2) is 67.9 Å². The Morgan fingerprint density at radius 3 is 2.83 bits per heavy atom. The highest BCUT2D eigenvalue weighted by Gasteiger charge is 2.22. The molecule has 2 N–H and O–H groups in total. The number of halogens is 1. The van der Waals surface area contributed by atoms with E-state index in [0.29, 0.717) is 45.1 Å². The van der Waals surface area contributed by atoms with Crippen molar-refractivity contribution >= 4 is 34.1 Å². The number of likely N-dealkylation sites (tertiary alicyclic amines) is 1. The number of likely N-dealkylation sites (N-methyl/N-ethyl adjacent to an activating group) is 1. The molecule has 36 heavy (non-hydrogen) atoms. The summed E-state index contributed by atoms with van der Waals surface area (Å²) >= 11 is 0. The van der Waals surface area contributed by atoms with Crippen LogP contribution in [0.4, 0.5) is 21.7 Å². The molecule has 4 aromatic rings. The summed E-state index contributed by atoms with van der Waals surface area (Å²) in [6.07, 6.45) is 9.76. The van der Waals surface area contributed by atoms with Gasteiger partial charge in [-0.05, 0) is 43.8 Å². The van der Waals surface area contributed by atoms with Crippen LogP contribution in [0.3, 0.4) is 0 Å². The molecule has 0 radical (unpaired) electrons. The highest BCUT2D eigenvalue weighted by atomic mass is 19.1. The number of carbonyl (C=O) groups is 1. The Morgan fingerprint density at radius 2 is 2.06 bits per heavy atom. The van der Waals surface area contributed by atoms with Crippen molar-refractivity contribution in [2.45, 2.75) is 12.5 Å². The Labute approximate surface area is 207 Å². The molecule has 182 valence electrons. The molecule has 0 bridgehead atoms. The zero-order chi connectivity index (χ0) is 25.1. The Hall–Kier alpha value is -4.44. The number of hydrogen-bond acceptors (Lipinski definition) is 8. The van der Waals surface area contributed by atoms with E-state index in [1.807, 2.05) is 13.1 Å². The van der Waals surface area contributed by atoms with Gasteiger partial charge in [0.1, 0.15) is 17.7 Å². The van der Waals surface area contributed by atoms with Gasteiger partial charge in [0.25, 0.3) is 0 Å². The van der Waals surface area contributed by atoms with E-state index in [1.54, 1.807) is 36.9 Å². The summed E-state index contributed by atoms with van der Waals surface area (Å²) in [5, 5.41) is 6.68. The number of carbonyl (C=O) groups excluding carboxylic acids is 1. The van der Waals surface area contributed by atoms with Gasteiger partial charge in [-0.25, -0.2) is 14.4 Å². The number of benzene rings is 1. The maximum atomic E-state index is 13.8. The Bertz CT molecular complexity index is 1450. The van der Waals surface area contributed by atoms with Gasteiger partial charge in [-0.2, -0.15) is 0 Å². The summed E-state index contributed by atoms with van der Waals surface area (Å²) in [6.45, 7) is 5.31. The minimum Gasteiger partial charge on any atom is -0.487 e. The average Bonchev–Trinajstić information content (AvgIpc) is 3.29. The molecule has 1 aromatic carbocycles. The lowest BCUT2D eigenvalue weighted by molar-refractivity contribution is -0.111. The summed E-state index contributed by atoms with van der Waals surface area (Å²) in [4.78, 5) is 31.4. The molecule has 4 heterocycles. The first kappa shape index (κ1) is 23.3. The minimum absolute atomic E-state index is 0.0429. The van der Waals surface area contributed by atoms with Gasteiger partial charge in [-0.1, -0.05) is 6.58 Å². The number of fused-ring (bicyclic) bond motifs is 1. The summed E-state index contributed by atoms with van der Waals surface area (Å²) in [6, 6.07) is 6.77. The normalized spacial score (nSPS) is 15.6. The van der Waals surface area contributed by atoms with Crippen LogP contribution < -0.4 is 15.4 Å². The number of nitrogens with zero attached hydrogens (tertiary/aromatic N) is 5. The van der Waals surface area contributed by atoms with E-state index in [0.717, 1.165) is 25.7 Å². The van der Waals surface area contributed by atoms with Gasteiger partial charge in [-0.3, -0.25) is 14.8 Å². The quantitative estimate of drug-likeness (QED) is 0.376. The molecular formula is C26H24FN7O2.